The molecular formula is C10H14FNS. The smallest absolute Gasteiger partial charge is 0.114 e. The van der Waals surface area contributed by atoms with Gasteiger partial charge in [0.1, 0.15) is 5.67 Å². The van der Waals surface area contributed by atoms with Crippen LogP contribution in [0.4, 0.5) is 10.1 Å². The minimum atomic E-state index is -1.12. The van der Waals surface area contributed by atoms with Gasteiger partial charge >= 0.3 is 0 Å². The Kier molecular flexibility index (Phi) is 3.20. The van der Waals surface area contributed by atoms with Gasteiger partial charge in [0.15, 0.2) is 0 Å². The highest BCUT2D eigenvalue weighted by atomic mass is 32.2. The maximum atomic E-state index is 13.1. The molecule has 0 saturated carbocycles. The van der Waals surface area contributed by atoms with Crippen LogP contribution in [0.25, 0.3) is 0 Å². The van der Waals surface area contributed by atoms with Gasteiger partial charge in [-0.05, 0) is 38.1 Å². The molecule has 2 N–H and O–H groups in total. The van der Waals surface area contributed by atoms with Crippen molar-refractivity contribution in [3.63, 3.8) is 0 Å². The summed E-state index contributed by atoms with van der Waals surface area (Å²) in [5, 5.41) is 0. The Morgan fingerprint density at radius 2 is 1.85 bits per heavy atom. The van der Waals surface area contributed by atoms with Crippen LogP contribution >= 0.6 is 11.8 Å². The van der Waals surface area contributed by atoms with E-state index in [1.54, 1.807) is 13.8 Å². The van der Waals surface area contributed by atoms with E-state index in [9.17, 15) is 4.39 Å². The molecule has 0 aromatic heterocycles. The second-order valence-electron chi connectivity index (χ2n) is 3.58. The maximum Gasteiger partial charge on any atom is 0.114 e. The van der Waals surface area contributed by atoms with Gasteiger partial charge in [0.2, 0.25) is 0 Å². The third kappa shape index (κ3) is 4.18. The molecule has 0 unspecified atom stereocenters. The van der Waals surface area contributed by atoms with Crippen LogP contribution in [0.2, 0.25) is 0 Å². The normalized spacial score (nSPS) is 11.6. The fraction of sp³-hybridized carbons (Fsp3) is 0.400. The topological polar surface area (TPSA) is 26.0 Å². The van der Waals surface area contributed by atoms with E-state index in [1.807, 2.05) is 24.3 Å². The Morgan fingerprint density at radius 3 is 2.31 bits per heavy atom. The van der Waals surface area contributed by atoms with E-state index in [2.05, 4.69) is 0 Å². The predicted molar refractivity (Wildman–Crippen MR) is 56.8 cm³/mol. The van der Waals surface area contributed by atoms with Crippen LogP contribution in [-0.2, 0) is 0 Å². The van der Waals surface area contributed by atoms with E-state index in [4.69, 9.17) is 5.73 Å². The lowest BCUT2D eigenvalue weighted by atomic mass is 10.2. The molecule has 0 fully saturated rings. The van der Waals surface area contributed by atoms with Gasteiger partial charge in [-0.3, -0.25) is 0 Å². The third-order valence-corrected chi connectivity index (χ3v) is 2.90. The molecular weight excluding hydrogens is 185 g/mol. The van der Waals surface area contributed by atoms with Crippen molar-refractivity contribution in [1.29, 1.82) is 0 Å². The number of anilines is 1. The number of nitrogen functional groups attached to an aromatic ring is 1. The molecule has 0 aliphatic rings. The van der Waals surface area contributed by atoms with Crippen LogP contribution < -0.4 is 5.73 Å². The zero-order valence-corrected chi connectivity index (χ0v) is 8.70. The minimum absolute atomic E-state index is 0.469. The molecule has 0 bridgehead atoms. The SMILES string of the molecule is CC(C)(F)CSc1ccc(N)cc1. The Morgan fingerprint density at radius 1 is 1.31 bits per heavy atom. The summed E-state index contributed by atoms with van der Waals surface area (Å²) in [6, 6.07) is 7.47. The Bertz CT molecular complexity index is 263. The summed E-state index contributed by atoms with van der Waals surface area (Å²) in [6.07, 6.45) is 0. The number of rotatable bonds is 3. The molecule has 0 heterocycles. The fourth-order valence-corrected chi connectivity index (χ4v) is 1.66. The summed E-state index contributed by atoms with van der Waals surface area (Å²) < 4.78 is 13.1. The molecule has 0 radical (unpaired) electrons. The molecule has 0 amide bonds. The van der Waals surface area contributed by atoms with Crippen LogP contribution in [0.1, 0.15) is 13.8 Å². The van der Waals surface area contributed by atoms with Crippen molar-refractivity contribution < 1.29 is 4.39 Å². The highest BCUT2D eigenvalue weighted by molar-refractivity contribution is 7.99. The quantitative estimate of drug-likeness (QED) is 0.598. The number of alkyl halides is 1. The highest BCUT2D eigenvalue weighted by Gasteiger charge is 2.15. The number of nitrogens with two attached hydrogens (primary N) is 1. The van der Waals surface area contributed by atoms with Gasteiger partial charge < -0.3 is 5.73 Å². The summed E-state index contributed by atoms with van der Waals surface area (Å²) in [5.74, 6) is 0.469. The van der Waals surface area contributed by atoms with Gasteiger partial charge in [0.25, 0.3) is 0 Å². The second-order valence-corrected chi connectivity index (χ2v) is 4.63. The van der Waals surface area contributed by atoms with E-state index in [0.717, 1.165) is 10.6 Å². The first-order valence-electron chi connectivity index (χ1n) is 4.15. The lowest BCUT2D eigenvalue weighted by Crippen LogP contribution is -2.14. The molecule has 0 atom stereocenters. The molecule has 0 saturated heterocycles. The monoisotopic (exact) mass is 199 g/mol. The van der Waals surface area contributed by atoms with Crippen molar-refractivity contribution in [2.45, 2.75) is 24.4 Å². The predicted octanol–water partition coefficient (Wildman–Crippen LogP) is 3.11. The van der Waals surface area contributed by atoms with Crippen molar-refractivity contribution in [3.8, 4) is 0 Å². The van der Waals surface area contributed by atoms with Gasteiger partial charge in [-0.2, -0.15) is 0 Å². The lowest BCUT2D eigenvalue weighted by molar-refractivity contribution is 0.253. The largest absolute Gasteiger partial charge is 0.399 e. The standard InChI is InChI=1S/C10H14FNS/c1-10(2,11)7-13-9-5-3-8(12)4-6-9/h3-6H,7,12H2,1-2H3. The zero-order valence-electron chi connectivity index (χ0n) is 7.88. The van der Waals surface area contributed by atoms with Gasteiger partial charge in [0, 0.05) is 16.3 Å². The first-order chi connectivity index (χ1) is 5.97. The average molecular weight is 199 g/mol. The van der Waals surface area contributed by atoms with Crippen LogP contribution in [0, 0.1) is 0 Å². The average Bonchev–Trinajstić information content (AvgIpc) is 2.02. The van der Waals surface area contributed by atoms with E-state index < -0.39 is 5.67 Å². The summed E-state index contributed by atoms with van der Waals surface area (Å²) in [7, 11) is 0. The van der Waals surface area contributed by atoms with Crippen molar-refractivity contribution in [1.82, 2.24) is 0 Å². The summed E-state index contributed by atoms with van der Waals surface area (Å²) >= 11 is 1.51. The van der Waals surface area contributed by atoms with E-state index in [1.165, 1.54) is 11.8 Å². The van der Waals surface area contributed by atoms with E-state index in [0.29, 0.717) is 5.75 Å². The molecule has 3 heteroatoms. The first kappa shape index (κ1) is 10.4. The second kappa shape index (κ2) is 4.01. The molecule has 0 aliphatic heterocycles. The summed E-state index contributed by atoms with van der Waals surface area (Å²) in [5.41, 5.74) is 5.15. The number of halogens is 1. The van der Waals surface area contributed by atoms with E-state index >= 15 is 0 Å². The Hall–Kier alpha value is -0.700. The number of hydrogen-bond donors (Lipinski definition) is 1. The van der Waals surface area contributed by atoms with Crippen molar-refractivity contribution in [3.05, 3.63) is 24.3 Å². The number of benzene rings is 1. The van der Waals surface area contributed by atoms with Crippen molar-refractivity contribution in [2.75, 3.05) is 11.5 Å². The molecule has 0 spiro atoms. The van der Waals surface area contributed by atoms with Gasteiger partial charge in [-0.25, -0.2) is 4.39 Å². The highest BCUT2D eigenvalue weighted by Crippen LogP contribution is 2.24. The van der Waals surface area contributed by atoms with Crippen LogP contribution in [-0.4, -0.2) is 11.4 Å². The van der Waals surface area contributed by atoms with Crippen molar-refractivity contribution in [2.24, 2.45) is 0 Å². The Balaban J connectivity index is 2.51. The fourth-order valence-electron chi connectivity index (χ4n) is 0.819. The molecule has 1 aromatic rings. The molecule has 1 nitrogen and oxygen atoms in total. The first-order valence-corrected chi connectivity index (χ1v) is 5.13. The Labute approximate surface area is 82.5 Å². The molecule has 1 aromatic carbocycles. The van der Waals surface area contributed by atoms with Gasteiger partial charge in [0.05, 0.1) is 0 Å². The maximum absolute atomic E-state index is 13.1. The lowest BCUT2D eigenvalue weighted by Gasteiger charge is -2.12. The van der Waals surface area contributed by atoms with Gasteiger partial charge in [-0.1, -0.05) is 0 Å². The minimum Gasteiger partial charge on any atom is -0.399 e. The zero-order chi connectivity index (χ0) is 9.90. The number of thioether (sulfide) groups is 1. The number of hydrogen-bond acceptors (Lipinski definition) is 2. The van der Waals surface area contributed by atoms with Crippen LogP contribution in [0.5, 0.6) is 0 Å². The molecule has 1 rings (SSSR count). The molecule has 13 heavy (non-hydrogen) atoms. The summed E-state index contributed by atoms with van der Waals surface area (Å²) in [4.78, 5) is 1.06. The third-order valence-electron chi connectivity index (χ3n) is 1.46. The van der Waals surface area contributed by atoms with Crippen molar-refractivity contribution >= 4 is 17.4 Å². The van der Waals surface area contributed by atoms with Crippen LogP contribution in [0.3, 0.4) is 0 Å². The molecule has 72 valence electrons. The van der Waals surface area contributed by atoms with Gasteiger partial charge in [-0.15, -0.1) is 11.8 Å². The van der Waals surface area contributed by atoms with Crippen LogP contribution in [0.15, 0.2) is 29.2 Å². The molecule has 0 aliphatic carbocycles. The summed E-state index contributed by atoms with van der Waals surface area (Å²) in [6.45, 7) is 3.16. The van der Waals surface area contributed by atoms with E-state index in [-0.39, 0.29) is 0 Å².